The lowest BCUT2D eigenvalue weighted by molar-refractivity contribution is 0.402. The van der Waals surface area contributed by atoms with E-state index in [0.717, 1.165) is 18.8 Å². The molecule has 6 heteroatoms. The maximum Gasteiger partial charge on any atom is 0.241 e. The zero-order valence-electron chi connectivity index (χ0n) is 10.3. The Hall–Kier alpha value is -1.27. The lowest BCUT2D eigenvalue weighted by Gasteiger charge is -2.24. The maximum atomic E-state index is 11.4. The van der Waals surface area contributed by atoms with Crippen LogP contribution in [0.3, 0.4) is 0 Å². The number of anilines is 1. The van der Waals surface area contributed by atoms with Gasteiger partial charge in [0.15, 0.2) is 5.75 Å². The average molecular weight is 258 g/mol. The summed E-state index contributed by atoms with van der Waals surface area (Å²) >= 11 is 0. The van der Waals surface area contributed by atoms with Gasteiger partial charge in [-0.25, -0.2) is 13.6 Å². The van der Waals surface area contributed by atoms with E-state index in [9.17, 15) is 8.42 Å². The highest BCUT2D eigenvalue weighted by Crippen LogP contribution is 2.33. The molecule has 0 bridgehead atoms. The molecule has 0 aliphatic rings. The van der Waals surface area contributed by atoms with E-state index in [2.05, 4.69) is 0 Å². The minimum absolute atomic E-state index is 0.0180. The molecule has 0 atom stereocenters. The Kier molecular flexibility index (Phi) is 4.36. The Balaban J connectivity index is 3.43. The van der Waals surface area contributed by atoms with Crippen molar-refractivity contribution >= 4 is 15.7 Å². The van der Waals surface area contributed by atoms with Crippen LogP contribution >= 0.6 is 0 Å². The first-order chi connectivity index (χ1) is 7.95. The zero-order chi connectivity index (χ0) is 13.1. The Bertz CT molecular complexity index is 481. The normalized spacial score (nSPS) is 11.3. The van der Waals surface area contributed by atoms with E-state index in [0.29, 0.717) is 5.75 Å². The van der Waals surface area contributed by atoms with Gasteiger partial charge in [-0.05, 0) is 26.0 Å². The summed E-state index contributed by atoms with van der Waals surface area (Å²) in [6.07, 6.45) is 0. The molecule has 0 fully saturated rings. The van der Waals surface area contributed by atoms with E-state index in [4.69, 9.17) is 9.88 Å². The Labute approximate surface area is 102 Å². The van der Waals surface area contributed by atoms with Gasteiger partial charge in [-0.2, -0.15) is 0 Å². The zero-order valence-corrected chi connectivity index (χ0v) is 11.1. The van der Waals surface area contributed by atoms with Gasteiger partial charge in [0, 0.05) is 13.1 Å². The smallest absolute Gasteiger partial charge is 0.241 e. The van der Waals surface area contributed by atoms with Gasteiger partial charge in [0.1, 0.15) is 4.90 Å². The average Bonchev–Trinajstić information content (AvgIpc) is 2.29. The molecule has 96 valence electrons. The number of benzene rings is 1. The van der Waals surface area contributed by atoms with Crippen LogP contribution < -0.4 is 14.8 Å². The molecule has 1 aromatic rings. The molecule has 0 aromatic heterocycles. The molecule has 1 rings (SSSR count). The standard InChI is InChI=1S/C11H18N2O3S/c1-4-13(5-2)9-7-6-8-10(11(9)16-3)17(12,14)15/h6-8H,4-5H2,1-3H3,(H2,12,14,15). The van der Waals surface area contributed by atoms with Crippen LogP contribution in [0, 0.1) is 0 Å². The molecule has 17 heavy (non-hydrogen) atoms. The van der Waals surface area contributed by atoms with Gasteiger partial charge in [-0.1, -0.05) is 6.07 Å². The molecule has 0 spiro atoms. The second-order valence-electron chi connectivity index (χ2n) is 3.53. The molecule has 0 heterocycles. The number of primary sulfonamides is 1. The van der Waals surface area contributed by atoms with Crippen LogP contribution in [0.1, 0.15) is 13.8 Å². The van der Waals surface area contributed by atoms with Crippen molar-refractivity contribution in [2.75, 3.05) is 25.1 Å². The number of methoxy groups -OCH3 is 1. The van der Waals surface area contributed by atoms with Crippen LogP contribution in [0.25, 0.3) is 0 Å². The predicted molar refractivity (Wildman–Crippen MR) is 67.9 cm³/mol. The first-order valence-corrected chi connectivity index (χ1v) is 6.95. The Morgan fingerprint density at radius 1 is 1.29 bits per heavy atom. The van der Waals surface area contributed by atoms with E-state index in [1.54, 1.807) is 6.07 Å². The highest BCUT2D eigenvalue weighted by Gasteiger charge is 2.19. The number of hydrogen-bond donors (Lipinski definition) is 1. The van der Waals surface area contributed by atoms with E-state index in [-0.39, 0.29) is 4.90 Å². The maximum absolute atomic E-state index is 11.4. The van der Waals surface area contributed by atoms with Crippen LogP contribution in [0.5, 0.6) is 5.75 Å². The van der Waals surface area contributed by atoms with E-state index >= 15 is 0 Å². The van der Waals surface area contributed by atoms with Gasteiger partial charge in [0.05, 0.1) is 12.8 Å². The molecular weight excluding hydrogens is 240 g/mol. The number of hydrogen-bond acceptors (Lipinski definition) is 4. The van der Waals surface area contributed by atoms with Crippen molar-refractivity contribution in [1.82, 2.24) is 0 Å². The van der Waals surface area contributed by atoms with Crippen molar-refractivity contribution in [1.29, 1.82) is 0 Å². The number of ether oxygens (including phenoxy) is 1. The number of para-hydroxylation sites is 1. The number of nitrogens with two attached hydrogens (primary N) is 1. The predicted octanol–water partition coefficient (Wildman–Crippen LogP) is 1.19. The highest BCUT2D eigenvalue weighted by molar-refractivity contribution is 7.89. The van der Waals surface area contributed by atoms with Crippen molar-refractivity contribution in [2.24, 2.45) is 5.14 Å². The fourth-order valence-electron chi connectivity index (χ4n) is 1.75. The van der Waals surface area contributed by atoms with Gasteiger partial charge in [-0.15, -0.1) is 0 Å². The van der Waals surface area contributed by atoms with Gasteiger partial charge in [0.25, 0.3) is 0 Å². The molecule has 0 unspecified atom stereocenters. The van der Waals surface area contributed by atoms with Crippen LogP contribution in [0.2, 0.25) is 0 Å². The van der Waals surface area contributed by atoms with Crippen LogP contribution in [0.15, 0.2) is 23.1 Å². The quantitative estimate of drug-likeness (QED) is 0.861. The third kappa shape index (κ3) is 2.89. The summed E-state index contributed by atoms with van der Waals surface area (Å²) in [5.41, 5.74) is 0.740. The summed E-state index contributed by atoms with van der Waals surface area (Å²) in [6, 6.07) is 4.93. The fourth-order valence-corrected chi connectivity index (χ4v) is 2.46. The van der Waals surface area contributed by atoms with Crippen molar-refractivity contribution < 1.29 is 13.2 Å². The molecule has 0 radical (unpaired) electrons. The van der Waals surface area contributed by atoms with Crippen LogP contribution in [0.4, 0.5) is 5.69 Å². The summed E-state index contributed by atoms with van der Waals surface area (Å²) < 4.78 is 28.1. The van der Waals surface area contributed by atoms with Gasteiger partial charge < -0.3 is 9.64 Å². The number of nitrogens with zero attached hydrogens (tertiary/aromatic N) is 1. The van der Waals surface area contributed by atoms with Crippen LogP contribution in [-0.4, -0.2) is 28.6 Å². The molecule has 0 saturated heterocycles. The van der Waals surface area contributed by atoms with E-state index in [1.807, 2.05) is 24.8 Å². The van der Waals surface area contributed by atoms with Gasteiger partial charge in [-0.3, -0.25) is 0 Å². The minimum atomic E-state index is -3.77. The number of rotatable bonds is 5. The van der Waals surface area contributed by atoms with Gasteiger partial charge >= 0.3 is 0 Å². The molecule has 0 amide bonds. The van der Waals surface area contributed by atoms with E-state index in [1.165, 1.54) is 13.2 Å². The molecule has 5 nitrogen and oxygen atoms in total. The minimum Gasteiger partial charge on any atom is -0.493 e. The van der Waals surface area contributed by atoms with Crippen molar-refractivity contribution in [2.45, 2.75) is 18.7 Å². The molecule has 0 saturated carbocycles. The Morgan fingerprint density at radius 3 is 2.29 bits per heavy atom. The first kappa shape index (κ1) is 13.8. The summed E-state index contributed by atoms with van der Waals surface area (Å²) in [4.78, 5) is 2.03. The molecule has 0 aliphatic heterocycles. The third-order valence-electron chi connectivity index (χ3n) is 2.57. The Morgan fingerprint density at radius 2 is 1.88 bits per heavy atom. The third-order valence-corrected chi connectivity index (χ3v) is 3.51. The first-order valence-electron chi connectivity index (χ1n) is 5.40. The molecule has 1 aromatic carbocycles. The number of sulfonamides is 1. The second-order valence-corrected chi connectivity index (χ2v) is 5.06. The summed E-state index contributed by atoms with van der Waals surface area (Å²) in [6.45, 7) is 5.51. The highest BCUT2D eigenvalue weighted by atomic mass is 32.2. The molecule has 2 N–H and O–H groups in total. The fraction of sp³-hybridized carbons (Fsp3) is 0.455. The molecule has 0 aliphatic carbocycles. The lowest BCUT2D eigenvalue weighted by atomic mass is 10.2. The largest absolute Gasteiger partial charge is 0.493 e. The van der Waals surface area contributed by atoms with E-state index < -0.39 is 10.0 Å². The van der Waals surface area contributed by atoms with Crippen LogP contribution in [-0.2, 0) is 10.0 Å². The monoisotopic (exact) mass is 258 g/mol. The SMILES string of the molecule is CCN(CC)c1cccc(S(N)(=O)=O)c1OC. The van der Waals surface area contributed by atoms with Gasteiger partial charge in [0.2, 0.25) is 10.0 Å². The molecular formula is C11H18N2O3S. The summed E-state index contributed by atoms with van der Waals surface area (Å²) in [5.74, 6) is 0.304. The topological polar surface area (TPSA) is 72.6 Å². The second kappa shape index (κ2) is 5.37. The van der Waals surface area contributed by atoms with Crippen molar-refractivity contribution in [3.8, 4) is 5.75 Å². The van der Waals surface area contributed by atoms with Crippen molar-refractivity contribution in [3.63, 3.8) is 0 Å². The lowest BCUT2D eigenvalue weighted by Crippen LogP contribution is -2.23. The summed E-state index contributed by atoms with van der Waals surface area (Å²) in [7, 11) is -2.33. The summed E-state index contributed by atoms with van der Waals surface area (Å²) in [5, 5.41) is 5.16. The van der Waals surface area contributed by atoms with Crippen molar-refractivity contribution in [3.05, 3.63) is 18.2 Å².